The zero-order valence-corrected chi connectivity index (χ0v) is 12.0. The molecule has 112 valence electrons. The lowest BCUT2D eigenvalue weighted by molar-refractivity contribution is -0.137. The third-order valence-electron chi connectivity index (χ3n) is 2.17. The second kappa shape index (κ2) is 9.03. The molecule has 0 aliphatic rings. The van der Waals surface area contributed by atoms with Gasteiger partial charge in [0.2, 0.25) is 5.91 Å². The molecule has 9 heteroatoms. The lowest BCUT2D eigenvalue weighted by Crippen LogP contribution is -2.42. The molecule has 0 aliphatic carbocycles. The number of carboxylic acid groups (broad SMARTS) is 1. The minimum atomic E-state index is -3.33. The Kier molecular flexibility index (Phi) is 8.58. The molecule has 0 aromatic rings. The van der Waals surface area contributed by atoms with Crippen LogP contribution in [-0.2, 0) is 23.2 Å². The molecule has 19 heavy (non-hydrogen) atoms. The largest absolute Gasteiger partial charge is 0.481 e. The van der Waals surface area contributed by atoms with Gasteiger partial charge < -0.3 is 19.9 Å². The SMILES string of the molecule is CCOP(=O)(CN[C@@H](CCC(=O)O)C(N)=O)OCC. The van der Waals surface area contributed by atoms with Crippen molar-refractivity contribution < 1.29 is 28.3 Å². The number of hydrogen-bond donors (Lipinski definition) is 3. The molecule has 4 N–H and O–H groups in total. The Morgan fingerprint density at radius 1 is 1.32 bits per heavy atom. The van der Waals surface area contributed by atoms with E-state index >= 15 is 0 Å². The van der Waals surface area contributed by atoms with Crippen molar-refractivity contribution >= 4 is 19.5 Å². The van der Waals surface area contributed by atoms with Crippen LogP contribution >= 0.6 is 7.60 Å². The first kappa shape index (κ1) is 18.0. The first-order valence-electron chi connectivity index (χ1n) is 5.97. The summed E-state index contributed by atoms with van der Waals surface area (Å²) in [6.07, 6.45) is -0.390. The van der Waals surface area contributed by atoms with Gasteiger partial charge in [0.05, 0.1) is 25.5 Å². The monoisotopic (exact) mass is 296 g/mol. The normalized spacial score (nSPS) is 13.2. The van der Waals surface area contributed by atoms with Gasteiger partial charge in [-0.1, -0.05) is 0 Å². The van der Waals surface area contributed by atoms with E-state index in [4.69, 9.17) is 19.9 Å². The average molecular weight is 296 g/mol. The Bertz CT molecular complexity index is 339. The van der Waals surface area contributed by atoms with E-state index in [2.05, 4.69) is 5.32 Å². The van der Waals surface area contributed by atoms with E-state index in [9.17, 15) is 14.2 Å². The first-order valence-corrected chi connectivity index (χ1v) is 7.70. The van der Waals surface area contributed by atoms with E-state index in [0.717, 1.165) is 0 Å². The van der Waals surface area contributed by atoms with Gasteiger partial charge in [0.1, 0.15) is 0 Å². The Balaban J connectivity index is 4.46. The van der Waals surface area contributed by atoms with Crippen LogP contribution in [0.25, 0.3) is 0 Å². The van der Waals surface area contributed by atoms with Gasteiger partial charge >= 0.3 is 13.6 Å². The number of carbonyl (C=O) groups excluding carboxylic acids is 1. The van der Waals surface area contributed by atoms with Crippen molar-refractivity contribution in [1.29, 1.82) is 0 Å². The molecule has 8 nitrogen and oxygen atoms in total. The quantitative estimate of drug-likeness (QED) is 0.474. The molecule has 0 bridgehead atoms. The van der Waals surface area contributed by atoms with Crippen LogP contribution in [0, 0.1) is 0 Å². The predicted octanol–water partition coefficient (Wildman–Crippen LogP) is 0.518. The van der Waals surface area contributed by atoms with Gasteiger partial charge in [-0.25, -0.2) is 0 Å². The molecule has 0 heterocycles. The van der Waals surface area contributed by atoms with E-state index in [1.807, 2.05) is 0 Å². The second-order valence-electron chi connectivity index (χ2n) is 3.70. The van der Waals surface area contributed by atoms with Gasteiger partial charge in [-0.2, -0.15) is 0 Å². The zero-order valence-electron chi connectivity index (χ0n) is 11.1. The minimum absolute atomic E-state index is 0.0168. The molecule has 0 saturated heterocycles. The molecule has 0 rings (SSSR count). The molecule has 0 fully saturated rings. The van der Waals surface area contributed by atoms with Crippen LogP contribution < -0.4 is 11.1 Å². The van der Waals surface area contributed by atoms with Gasteiger partial charge in [0.25, 0.3) is 0 Å². The fraction of sp³-hybridized carbons (Fsp3) is 0.800. The van der Waals surface area contributed by atoms with Gasteiger partial charge in [-0.15, -0.1) is 0 Å². The van der Waals surface area contributed by atoms with E-state index in [1.165, 1.54) is 0 Å². The number of carbonyl (C=O) groups is 2. The van der Waals surface area contributed by atoms with Crippen LogP contribution in [0.5, 0.6) is 0 Å². The Morgan fingerprint density at radius 2 is 1.84 bits per heavy atom. The molecule has 1 amide bonds. The summed E-state index contributed by atoms with van der Waals surface area (Å²) in [5.74, 6) is -1.74. The average Bonchev–Trinajstić information content (AvgIpc) is 2.28. The maximum absolute atomic E-state index is 12.1. The fourth-order valence-electron chi connectivity index (χ4n) is 1.36. The van der Waals surface area contributed by atoms with Crippen LogP contribution in [0.1, 0.15) is 26.7 Å². The van der Waals surface area contributed by atoms with E-state index in [1.54, 1.807) is 13.8 Å². The van der Waals surface area contributed by atoms with Crippen LogP contribution in [-0.4, -0.2) is 42.5 Å². The predicted molar refractivity (Wildman–Crippen MR) is 68.7 cm³/mol. The topological polar surface area (TPSA) is 128 Å². The highest BCUT2D eigenvalue weighted by Crippen LogP contribution is 2.46. The minimum Gasteiger partial charge on any atom is -0.481 e. The Labute approximate surface area is 112 Å². The third kappa shape index (κ3) is 7.94. The molecule has 1 atom stereocenters. The number of nitrogens with two attached hydrogens (primary N) is 1. The van der Waals surface area contributed by atoms with E-state index in [0.29, 0.717) is 0 Å². The van der Waals surface area contributed by atoms with Crippen LogP contribution in [0.4, 0.5) is 0 Å². The number of nitrogens with one attached hydrogen (secondary N) is 1. The maximum Gasteiger partial charge on any atom is 0.344 e. The standard InChI is InChI=1S/C10H21N2O6P/c1-3-17-19(16,18-4-2)7-12-8(10(11)15)5-6-9(13)14/h8,12H,3-7H2,1-2H3,(H2,11,15)(H,13,14)/t8-/m0/s1. The third-order valence-corrected chi connectivity index (χ3v) is 4.05. The van der Waals surface area contributed by atoms with Crippen molar-refractivity contribution in [2.75, 3.05) is 19.5 Å². The number of amides is 1. The molecule has 0 aromatic carbocycles. The number of rotatable bonds is 11. The van der Waals surface area contributed by atoms with Crippen molar-refractivity contribution in [3.8, 4) is 0 Å². The summed E-state index contributed by atoms with van der Waals surface area (Å²) in [5, 5.41) is 11.2. The van der Waals surface area contributed by atoms with Gasteiger partial charge in [-0.3, -0.25) is 19.5 Å². The Hall–Kier alpha value is -0.950. The summed E-state index contributed by atoms with van der Waals surface area (Å²) < 4.78 is 22.2. The second-order valence-corrected chi connectivity index (χ2v) is 5.75. The van der Waals surface area contributed by atoms with Gasteiger partial charge in [-0.05, 0) is 20.3 Å². The molecule has 0 radical (unpaired) electrons. The van der Waals surface area contributed by atoms with Crippen molar-refractivity contribution in [1.82, 2.24) is 5.32 Å². The van der Waals surface area contributed by atoms with E-state index < -0.39 is 25.5 Å². The summed E-state index contributed by atoms with van der Waals surface area (Å²) >= 11 is 0. The number of aliphatic carboxylic acids is 1. The van der Waals surface area contributed by atoms with Crippen LogP contribution in [0.15, 0.2) is 0 Å². The molecule has 0 aromatic heterocycles. The van der Waals surface area contributed by atoms with Crippen molar-refractivity contribution in [3.63, 3.8) is 0 Å². The molecule has 0 aliphatic heterocycles. The fourth-order valence-corrected chi connectivity index (χ4v) is 2.84. The van der Waals surface area contributed by atoms with Crippen molar-refractivity contribution in [2.24, 2.45) is 5.73 Å². The van der Waals surface area contributed by atoms with Crippen molar-refractivity contribution in [3.05, 3.63) is 0 Å². The summed E-state index contributed by atoms with van der Waals surface area (Å²) in [7, 11) is -3.33. The molecule has 0 unspecified atom stereocenters. The first-order chi connectivity index (χ1) is 8.84. The summed E-state index contributed by atoms with van der Waals surface area (Å²) in [4.78, 5) is 21.6. The molecule has 0 saturated carbocycles. The highest BCUT2D eigenvalue weighted by atomic mass is 31.2. The summed E-state index contributed by atoms with van der Waals surface area (Å²) in [6.45, 7) is 3.74. The maximum atomic E-state index is 12.1. The van der Waals surface area contributed by atoms with E-state index in [-0.39, 0.29) is 32.3 Å². The highest BCUT2D eigenvalue weighted by molar-refractivity contribution is 7.53. The highest BCUT2D eigenvalue weighted by Gasteiger charge is 2.26. The van der Waals surface area contributed by atoms with Crippen LogP contribution in [0.2, 0.25) is 0 Å². The van der Waals surface area contributed by atoms with Gasteiger partial charge in [0, 0.05) is 6.42 Å². The number of carboxylic acids is 1. The van der Waals surface area contributed by atoms with Gasteiger partial charge in [0.15, 0.2) is 0 Å². The number of primary amides is 1. The Morgan fingerprint density at radius 3 is 2.21 bits per heavy atom. The molecule has 0 spiro atoms. The van der Waals surface area contributed by atoms with Crippen molar-refractivity contribution in [2.45, 2.75) is 32.7 Å². The summed E-state index contributed by atoms with van der Waals surface area (Å²) in [5.41, 5.74) is 5.13. The summed E-state index contributed by atoms with van der Waals surface area (Å²) in [6, 6.07) is -0.884. The lowest BCUT2D eigenvalue weighted by Gasteiger charge is -2.20. The number of hydrogen-bond acceptors (Lipinski definition) is 6. The van der Waals surface area contributed by atoms with Crippen LogP contribution in [0.3, 0.4) is 0 Å². The molecular weight excluding hydrogens is 275 g/mol. The molecular formula is C10H21N2O6P. The zero-order chi connectivity index (χ0) is 14.9. The smallest absolute Gasteiger partial charge is 0.344 e. The lowest BCUT2D eigenvalue weighted by atomic mass is 10.1.